The molecule has 39 heavy (non-hydrogen) atoms. The normalized spacial score (nSPS) is 36.9. The van der Waals surface area contributed by atoms with Gasteiger partial charge in [-0.15, -0.1) is 0 Å². The topological polar surface area (TPSA) is 24.9 Å². The van der Waals surface area contributed by atoms with Crippen molar-refractivity contribution in [1.82, 2.24) is 9.80 Å². The Kier molecular flexibility index (Phi) is 5.24. The Morgan fingerprint density at radius 3 is 2.51 bits per heavy atom. The Hall–Kier alpha value is -2.04. The summed E-state index contributed by atoms with van der Waals surface area (Å²) in [6.45, 7) is 10.7. The third kappa shape index (κ3) is 3.31. The molecule has 2 aromatic carbocycles. The van der Waals surface area contributed by atoms with Crippen LogP contribution in [-0.4, -0.2) is 55.7 Å². The van der Waals surface area contributed by atoms with E-state index in [2.05, 4.69) is 74.0 Å². The van der Waals surface area contributed by atoms with Gasteiger partial charge in [0, 0.05) is 36.2 Å². The summed E-state index contributed by atoms with van der Waals surface area (Å²) in [5.41, 5.74) is 5.11. The highest BCUT2D eigenvalue weighted by molar-refractivity contribution is 5.61. The number of benzene rings is 2. The van der Waals surface area contributed by atoms with Crippen molar-refractivity contribution < 1.29 is 9.47 Å². The van der Waals surface area contributed by atoms with E-state index in [-0.39, 0.29) is 10.8 Å². The van der Waals surface area contributed by atoms with E-state index in [4.69, 9.17) is 9.47 Å². The molecule has 4 heteroatoms. The second-order valence-corrected chi connectivity index (χ2v) is 15.1. The van der Waals surface area contributed by atoms with Crippen LogP contribution in [0.3, 0.4) is 0 Å². The molecule has 8 rings (SSSR count). The maximum absolute atomic E-state index is 6.99. The van der Waals surface area contributed by atoms with E-state index in [9.17, 15) is 0 Å². The van der Waals surface area contributed by atoms with Crippen LogP contribution in [0.2, 0.25) is 0 Å². The van der Waals surface area contributed by atoms with E-state index in [1.807, 2.05) is 7.11 Å². The Bertz CT molecular complexity index is 1290. The van der Waals surface area contributed by atoms with Gasteiger partial charge in [-0.05, 0) is 116 Å². The number of methoxy groups -OCH3 is 1. The van der Waals surface area contributed by atoms with Crippen LogP contribution in [-0.2, 0) is 17.3 Å². The zero-order valence-corrected chi connectivity index (χ0v) is 24.6. The molecular formula is C35H46N2O2. The van der Waals surface area contributed by atoms with Gasteiger partial charge in [-0.1, -0.05) is 39.0 Å². The number of fused-ring (bicyclic) bond motifs is 1. The lowest BCUT2D eigenvalue weighted by Crippen LogP contribution is -2.69. The van der Waals surface area contributed by atoms with Crippen molar-refractivity contribution in [2.75, 3.05) is 33.8 Å². The molecule has 6 unspecified atom stereocenters. The van der Waals surface area contributed by atoms with Gasteiger partial charge in [-0.3, -0.25) is 4.90 Å². The predicted octanol–water partition coefficient (Wildman–Crippen LogP) is 6.79. The molecule has 3 saturated carbocycles. The molecule has 0 N–H and O–H groups in total. The fourth-order valence-electron chi connectivity index (χ4n) is 10.7. The van der Waals surface area contributed by atoms with Crippen molar-refractivity contribution >= 4 is 0 Å². The highest BCUT2D eigenvalue weighted by Crippen LogP contribution is 2.76. The molecule has 4 bridgehead atoms. The van der Waals surface area contributed by atoms with E-state index >= 15 is 0 Å². The summed E-state index contributed by atoms with van der Waals surface area (Å²) in [4.78, 5) is 5.69. The molecule has 2 saturated heterocycles. The van der Waals surface area contributed by atoms with E-state index in [1.54, 1.807) is 0 Å². The van der Waals surface area contributed by atoms with Crippen LogP contribution in [0.15, 0.2) is 36.4 Å². The maximum Gasteiger partial charge on any atom is 0.173 e. The van der Waals surface area contributed by atoms with E-state index in [0.29, 0.717) is 17.5 Å². The molecule has 2 aromatic rings. The van der Waals surface area contributed by atoms with Gasteiger partial charge in [-0.25, -0.2) is 0 Å². The van der Waals surface area contributed by atoms with E-state index in [0.717, 1.165) is 35.0 Å². The molecule has 208 valence electrons. The molecule has 2 aliphatic heterocycles. The molecule has 0 amide bonds. The van der Waals surface area contributed by atoms with Crippen molar-refractivity contribution in [2.24, 2.45) is 23.2 Å². The molecule has 0 radical (unpaired) electrons. The smallest absolute Gasteiger partial charge is 0.173 e. The zero-order valence-electron chi connectivity index (χ0n) is 24.6. The van der Waals surface area contributed by atoms with E-state index < -0.39 is 0 Å². The van der Waals surface area contributed by atoms with Gasteiger partial charge in [0.1, 0.15) is 5.75 Å². The largest absolute Gasteiger partial charge is 0.493 e. The number of likely N-dealkylation sites (tertiary alicyclic amines) is 2. The number of hydrogen-bond donors (Lipinski definition) is 0. The van der Waals surface area contributed by atoms with E-state index in [1.165, 1.54) is 81.3 Å². The van der Waals surface area contributed by atoms with Crippen LogP contribution in [0, 0.1) is 23.2 Å². The molecule has 0 spiro atoms. The van der Waals surface area contributed by atoms with Crippen molar-refractivity contribution in [1.29, 1.82) is 0 Å². The van der Waals surface area contributed by atoms with Gasteiger partial charge in [0.05, 0.1) is 7.11 Å². The van der Waals surface area contributed by atoms with Gasteiger partial charge >= 0.3 is 0 Å². The van der Waals surface area contributed by atoms with Crippen LogP contribution in [0.4, 0.5) is 0 Å². The maximum atomic E-state index is 6.99. The molecule has 0 aromatic heterocycles. The lowest BCUT2D eigenvalue weighted by Gasteiger charge is -2.66. The Morgan fingerprint density at radius 2 is 1.79 bits per heavy atom. The van der Waals surface area contributed by atoms with Crippen LogP contribution < -0.4 is 9.47 Å². The number of hydrogen-bond acceptors (Lipinski definition) is 4. The Balaban J connectivity index is 1.29. The second kappa shape index (κ2) is 8.26. The van der Waals surface area contributed by atoms with Gasteiger partial charge in [0.2, 0.25) is 0 Å². The SMILES string of the molecule is COc1ccc2c(c1Oc1ccc(C(C)(C)C)cc1)C13CCN(CC4CC4)C(C2)C12CCC1C3C(CN1C)C2. The van der Waals surface area contributed by atoms with Crippen LogP contribution in [0.25, 0.3) is 0 Å². The average molecular weight is 527 g/mol. The molecule has 6 atom stereocenters. The molecule has 5 fully saturated rings. The predicted molar refractivity (Wildman–Crippen MR) is 156 cm³/mol. The first kappa shape index (κ1) is 24.7. The number of nitrogens with zero attached hydrogens (tertiary/aromatic N) is 2. The van der Waals surface area contributed by atoms with Crippen molar-refractivity contribution in [2.45, 2.75) is 88.6 Å². The molecular weight excluding hydrogens is 480 g/mol. The highest BCUT2D eigenvalue weighted by atomic mass is 16.5. The molecule has 4 nitrogen and oxygen atoms in total. The minimum atomic E-state index is 0.128. The summed E-state index contributed by atoms with van der Waals surface area (Å²) >= 11 is 0. The van der Waals surface area contributed by atoms with Crippen LogP contribution in [0.5, 0.6) is 17.2 Å². The number of piperidine rings is 1. The van der Waals surface area contributed by atoms with Crippen molar-refractivity contribution in [3.8, 4) is 17.2 Å². The Labute approximate surface area is 235 Å². The number of ether oxygens (including phenoxy) is 2. The first-order valence-corrected chi connectivity index (χ1v) is 15.7. The first-order chi connectivity index (χ1) is 18.7. The summed E-state index contributed by atoms with van der Waals surface area (Å²) in [5, 5.41) is 0. The molecule has 4 aliphatic carbocycles. The van der Waals surface area contributed by atoms with Gasteiger partial charge < -0.3 is 14.4 Å². The minimum absolute atomic E-state index is 0.128. The van der Waals surface area contributed by atoms with Crippen molar-refractivity contribution in [3.05, 3.63) is 53.1 Å². The monoisotopic (exact) mass is 526 g/mol. The van der Waals surface area contributed by atoms with Crippen LogP contribution in [0.1, 0.15) is 76.0 Å². The first-order valence-electron chi connectivity index (χ1n) is 15.7. The highest BCUT2D eigenvalue weighted by Gasteiger charge is 2.76. The molecule has 2 heterocycles. The summed E-state index contributed by atoms with van der Waals surface area (Å²) in [6, 6.07) is 14.8. The summed E-state index contributed by atoms with van der Waals surface area (Å²) in [6.07, 6.45) is 9.49. The van der Waals surface area contributed by atoms with Gasteiger partial charge in [0.25, 0.3) is 0 Å². The summed E-state index contributed by atoms with van der Waals surface area (Å²) in [5.74, 6) is 5.34. The molecule has 6 aliphatic rings. The Morgan fingerprint density at radius 1 is 1.00 bits per heavy atom. The average Bonchev–Trinajstić information content (AvgIpc) is 3.63. The van der Waals surface area contributed by atoms with Crippen LogP contribution >= 0.6 is 0 Å². The third-order valence-electron chi connectivity index (χ3n) is 12.3. The lowest BCUT2D eigenvalue weighted by molar-refractivity contribution is -0.103. The van der Waals surface area contributed by atoms with Gasteiger partial charge in [-0.2, -0.15) is 0 Å². The number of rotatable bonds is 5. The quantitative estimate of drug-likeness (QED) is 0.428. The fraction of sp³-hybridized carbons (Fsp3) is 0.657. The standard InChI is InChI=1S/C35H46N2O2/c1-33(2,3)25-9-11-26(12-10-25)39-32-28(38-5)13-8-23-18-29-34-15-14-27-30(24(19-34)21-36(27)4)35(34,31(23)32)16-17-37(29)20-22-6-7-22/h8-13,22,24,27,29-30H,6-7,14-21H2,1-5H3. The summed E-state index contributed by atoms with van der Waals surface area (Å²) in [7, 11) is 4.22. The van der Waals surface area contributed by atoms with Crippen molar-refractivity contribution in [3.63, 3.8) is 0 Å². The fourth-order valence-corrected chi connectivity index (χ4v) is 10.7. The third-order valence-corrected chi connectivity index (χ3v) is 12.3. The zero-order chi connectivity index (χ0) is 26.7. The lowest BCUT2D eigenvalue weighted by atomic mass is 9.43. The van der Waals surface area contributed by atoms with Gasteiger partial charge in [0.15, 0.2) is 11.5 Å². The minimum Gasteiger partial charge on any atom is -0.493 e. The second-order valence-electron chi connectivity index (χ2n) is 15.1. The summed E-state index contributed by atoms with van der Waals surface area (Å²) < 4.78 is 13.1.